The zero-order valence-corrected chi connectivity index (χ0v) is 10.6. The Morgan fingerprint density at radius 1 is 0.889 bits per heavy atom. The zero-order chi connectivity index (χ0) is 12.4. The van der Waals surface area contributed by atoms with E-state index in [0.29, 0.717) is 0 Å². The summed E-state index contributed by atoms with van der Waals surface area (Å²) in [4.78, 5) is 4.38. The van der Waals surface area contributed by atoms with Gasteiger partial charge in [0.2, 0.25) is 0 Å². The van der Waals surface area contributed by atoms with E-state index in [2.05, 4.69) is 41.4 Å². The zero-order valence-electron chi connectivity index (χ0n) is 9.81. The third-order valence-electron chi connectivity index (χ3n) is 2.99. The van der Waals surface area contributed by atoms with Gasteiger partial charge in [-0.1, -0.05) is 41.9 Å². The van der Waals surface area contributed by atoms with E-state index in [9.17, 15) is 0 Å². The highest BCUT2D eigenvalue weighted by Gasteiger charge is 1.99. The number of hydrogen-bond acceptors (Lipinski definition) is 1. The van der Waals surface area contributed by atoms with Crippen molar-refractivity contribution in [2.45, 2.75) is 6.42 Å². The Morgan fingerprint density at radius 3 is 2.50 bits per heavy atom. The van der Waals surface area contributed by atoms with Crippen LogP contribution in [0.5, 0.6) is 0 Å². The molecule has 3 aromatic rings. The maximum atomic E-state index is 5.88. The molecule has 2 heteroatoms. The van der Waals surface area contributed by atoms with Crippen molar-refractivity contribution in [3.05, 3.63) is 76.9 Å². The first-order valence-corrected chi connectivity index (χ1v) is 6.27. The Kier molecular flexibility index (Phi) is 2.99. The van der Waals surface area contributed by atoms with Gasteiger partial charge in [0.1, 0.15) is 0 Å². The lowest BCUT2D eigenvalue weighted by atomic mass is 10.0. The molecule has 0 N–H and O–H groups in total. The normalized spacial score (nSPS) is 10.7. The Bertz CT molecular complexity index is 674. The highest BCUT2D eigenvalue weighted by molar-refractivity contribution is 6.30. The van der Waals surface area contributed by atoms with Crippen LogP contribution < -0.4 is 0 Å². The average Bonchev–Trinajstić information content (AvgIpc) is 2.41. The number of aromatic nitrogens is 1. The Balaban J connectivity index is 1.92. The average molecular weight is 254 g/mol. The highest BCUT2D eigenvalue weighted by atomic mass is 35.5. The number of nitrogens with zero attached hydrogens (tertiary/aromatic N) is 1. The largest absolute Gasteiger partial charge is 0.256 e. The minimum Gasteiger partial charge on any atom is -0.256 e. The summed E-state index contributed by atoms with van der Waals surface area (Å²) in [5.74, 6) is 0. The predicted molar refractivity (Wildman–Crippen MR) is 76.0 cm³/mol. The van der Waals surface area contributed by atoms with E-state index >= 15 is 0 Å². The first kappa shape index (κ1) is 11.2. The van der Waals surface area contributed by atoms with Crippen molar-refractivity contribution >= 4 is 22.5 Å². The standard InChI is InChI=1S/C16H12ClN/c17-15-7-4-12(5-8-15)10-13-3-6-14-2-1-9-18-16(14)11-13/h1-9,11H,10H2. The molecule has 0 saturated carbocycles. The van der Waals surface area contributed by atoms with Crippen molar-refractivity contribution in [1.82, 2.24) is 4.98 Å². The first-order valence-electron chi connectivity index (χ1n) is 5.89. The monoisotopic (exact) mass is 253 g/mol. The molecular weight excluding hydrogens is 242 g/mol. The summed E-state index contributed by atoms with van der Waals surface area (Å²) in [6.07, 6.45) is 2.73. The SMILES string of the molecule is Clc1ccc(Cc2ccc3cccnc3c2)cc1. The third kappa shape index (κ3) is 2.36. The maximum absolute atomic E-state index is 5.88. The molecule has 1 nitrogen and oxygen atoms in total. The molecular formula is C16H12ClN. The molecule has 0 aliphatic heterocycles. The van der Waals surface area contributed by atoms with Gasteiger partial charge in [-0.25, -0.2) is 0 Å². The van der Waals surface area contributed by atoms with Crippen LogP contribution in [0.15, 0.2) is 60.8 Å². The number of pyridine rings is 1. The van der Waals surface area contributed by atoms with Gasteiger partial charge < -0.3 is 0 Å². The quantitative estimate of drug-likeness (QED) is 0.656. The molecule has 0 saturated heterocycles. The lowest BCUT2D eigenvalue weighted by molar-refractivity contribution is 1.19. The minimum absolute atomic E-state index is 0.777. The van der Waals surface area contributed by atoms with E-state index in [-0.39, 0.29) is 0 Å². The van der Waals surface area contributed by atoms with Gasteiger partial charge in [-0.15, -0.1) is 0 Å². The van der Waals surface area contributed by atoms with Gasteiger partial charge in [-0.05, 0) is 41.8 Å². The third-order valence-corrected chi connectivity index (χ3v) is 3.24. The first-order chi connectivity index (χ1) is 8.81. The van der Waals surface area contributed by atoms with Gasteiger partial charge in [0.15, 0.2) is 0 Å². The van der Waals surface area contributed by atoms with Crippen LogP contribution in [0, 0.1) is 0 Å². The van der Waals surface area contributed by atoms with Crippen LogP contribution in [0.25, 0.3) is 10.9 Å². The van der Waals surface area contributed by atoms with Crippen LogP contribution in [0.1, 0.15) is 11.1 Å². The van der Waals surface area contributed by atoms with Crippen LogP contribution in [0.2, 0.25) is 5.02 Å². The molecule has 1 aromatic heterocycles. The van der Waals surface area contributed by atoms with Gasteiger partial charge in [0.05, 0.1) is 5.52 Å². The number of fused-ring (bicyclic) bond motifs is 1. The summed E-state index contributed by atoms with van der Waals surface area (Å²) in [5, 5.41) is 1.95. The lowest BCUT2D eigenvalue weighted by Crippen LogP contribution is -1.88. The molecule has 0 bridgehead atoms. The number of benzene rings is 2. The summed E-state index contributed by atoms with van der Waals surface area (Å²) in [7, 11) is 0. The molecule has 0 fully saturated rings. The van der Waals surface area contributed by atoms with Crippen LogP contribution >= 0.6 is 11.6 Å². The van der Waals surface area contributed by atoms with E-state index in [0.717, 1.165) is 17.0 Å². The lowest BCUT2D eigenvalue weighted by Gasteiger charge is -2.04. The number of hydrogen-bond donors (Lipinski definition) is 0. The van der Waals surface area contributed by atoms with Crippen LogP contribution in [-0.4, -0.2) is 4.98 Å². The second-order valence-corrected chi connectivity index (χ2v) is 4.77. The topological polar surface area (TPSA) is 12.9 Å². The molecule has 18 heavy (non-hydrogen) atoms. The van der Waals surface area contributed by atoms with Crippen molar-refractivity contribution in [3.63, 3.8) is 0 Å². The summed E-state index contributed by atoms with van der Waals surface area (Å²) >= 11 is 5.88. The molecule has 0 unspecified atom stereocenters. The van der Waals surface area contributed by atoms with Crippen LogP contribution in [0.3, 0.4) is 0 Å². The predicted octanol–water partition coefficient (Wildman–Crippen LogP) is 4.48. The summed E-state index contributed by atoms with van der Waals surface area (Å²) in [5.41, 5.74) is 3.57. The molecule has 0 spiro atoms. The molecule has 1 heterocycles. The van der Waals surface area contributed by atoms with Gasteiger partial charge in [0, 0.05) is 16.6 Å². The molecule has 3 rings (SSSR count). The Hall–Kier alpha value is -1.86. The molecule has 0 amide bonds. The van der Waals surface area contributed by atoms with Crippen molar-refractivity contribution in [2.24, 2.45) is 0 Å². The molecule has 0 aliphatic rings. The summed E-state index contributed by atoms with van der Waals surface area (Å²) in [6, 6.07) is 18.4. The van der Waals surface area contributed by atoms with Crippen molar-refractivity contribution < 1.29 is 0 Å². The fraction of sp³-hybridized carbons (Fsp3) is 0.0625. The fourth-order valence-corrected chi connectivity index (χ4v) is 2.19. The molecule has 0 radical (unpaired) electrons. The van der Waals surface area contributed by atoms with Gasteiger partial charge in [-0.3, -0.25) is 4.98 Å². The molecule has 0 aliphatic carbocycles. The molecule has 0 atom stereocenters. The second-order valence-electron chi connectivity index (χ2n) is 4.33. The Morgan fingerprint density at radius 2 is 1.67 bits per heavy atom. The number of rotatable bonds is 2. The number of halogens is 1. The van der Waals surface area contributed by atoms with Gasteiger partial charge in [-0.2, -0.15) is 0 Å². The van der Waals surface area contributed by atoms with Crippen molar-refractivity contribution in [3.8, 4) is 0 Å². The summed E-state index contributed by atoms with van der Waals surface area (Å²) < 4.78 is 0. The minimum atomic E-state index is 0.777. The fourth-order valence-electron chi connectivity index (χ4n) is 2.06. The highest BCUT2D eigenvalue weighted by Crippen LogP contribution is 2.17. The van der Waals surface area contributed by atoms with E-state index in [4.69, 9.17) is 11.6 Å². The van der Waals surface area contributed by atoms with E-state index in [1.54, 1.807) is 0 Å². The van der Waals surface area contributed by atoms with Crippen molar-refractivity contribution in [1.29, 1.82) is 0 Å². The Labute approximate surface area is 111 Å². The smallest absolute Gasteiger partial charge is 0.0704 e. The molecule has 88 valence electrons. The second kappa shape index (κ2) is 4.79. The van der Waals surface area contributed by atoms with Gasteiger partial charge >= 0.3 is 0 Å². The molecule has 2 aromatic carbocycles. The van der Waals surface area contributed by atoms with E-state index in [1.807, 2.05) is 24.4 Å². The maximum Gasteiger partial charge on any atom is 0.0704 e. The van der Waals surface area contributed by atoms with Crippen LogP contribution in [0.4, 0.5) is 0 Å². The van der Waals surface area contributed by atoms with Crippen molar-refractivity contribution in [2.75, 3.05) is 0 Å². The van der Waals surface area contributed by atoms with Gasteiger partial charge in [0.25, 0.3) is 0 Å². The van der Waals surface area contributed by atoms with E-state index in [1.165, 1.54) is 16.5 Å². The van der Waals surface area contributed by atoms with E-state index < -0.39 is 0 Å². The summed E-state index contributed by atoms with van der Waals surface area (Å²) in [6.45, 7) is 0. The van der Waals surface area contributed by atoms with Crippen LogP contribution in [-0.2, 0) is 6.42 Å².